The predicted octanol–water partition coefficient (Wildman–Crippen LogP) is 2.64. The highest BCUT2D eigenvalue weighted by Gasteiger charge is 2.04. The summed E-state index contributed by atoms with van der Waals surface area (Å²) in [5, 5.41) is 2.02. The van der Waals surface area contributed by atoms with E-state index in [-0.39, 0.29) is 5.75 Å². The number of hydrogen-bond acceptors (Lipinski definition) is 3. The molecule has 2 nitrogen and oxygen atoms in total. The van der Waals surface area contributed by atoms with Gasteiger partial charge in [0.2, 0.25) is 9.05 Å². The summed E-state index contributed by atoms with van der Waals surface area (Å²) < 4.78 is 21.1. The van der Waals surface area contributed by atoms with Gasteiger partial charge in [-0.25, -0.2) is 8.42 Å². The number of unbranched alkanes of at least 4 members (excludes halogenated alkanes) is 1. The van der Waals surface area contributed by atoms with E-state index >= 15 is 0 Å². The summed E-state index contributed by atoms with van der Waals surface area (Å²) in [5.74, 6) is 0.0833. The molecule has 0 N–H and O–H groups in total. The Bertz CT molecular complexity index is 329. The Morgan fingerprint density at radius 2 is 2.15 bits per heavy atom. The van der Waals surface area contributed by atoms with E-state index in [1.807, 2.05) is 11.4 Å². The average Bonchev–Trinajstić information content (AvgIpc) is 2.48. The molecule has 1 rings (SSSR count). The van der Waals surface area contributed by atoms with Crippen LogP contribution in [0.2, 0.25) is 0 Å². The highest BCUT2D eigenvalue weighted by molar-refractivity contribution is 8.13. The molecule has 1 aromatic heterocycles. The zero-order valence-electron chi connectivity index (χ0n) is 7.07. The molecule has 0 aromatic carbocycles. The molecular formula is C8H11ClO2S2. The third kappa shape index (κ3) is 5.29. The average molecular weight is 239 g/mol. The maximum Gasteiger partial charge on any atom is 0.232 e. The Hall–Kier alpha value is -0.0600. The molecule has 0 saturated heterocycles. The van der Waals surface area contributed by atoms with Crippen LogP contribution in [0.4, 0.5) is 0 Å². The summed E-state index contributed by atoms with van der Waals surface area (Å²) in [7, 11) is 1.78. The second-order valence-corrected chi connectivity index (χ2v) is 6.71. The fourth-order valence-corrected chi connectivity index (χ4v) is 2.66. The first-order valence-corrected chi connectivity index (χ1v) is 7.38. The largest absolute Gasteiger partial charge is 0.232 e. The van der Waals surface area contributed by atoms with Crippen LogP contribution in [-0.4, -0.2) is 14.2 Å². The highest BCUT2D eigenvalue weighted by atomic mass is 35.7. The topological polar surface area (TPSA) is 34.1 Å². The number of aryl methyl sites for hydroxylation is 1. The smallest absolute Gasteiger partial charge is 0.212 e. The molecule has 0 radical (unpaired) electrons. The van der Waals surface area contributed by atoms with Crippen molar-refractivity contribution in [3.05, 3.63) is 22.4 Å². The Kier molecular flexibility index (Phi) is 4.22. The highest BCUT2D eigenvalue weighted by Crippen LogP contribution is 2.12. The summed E-state index contributed by atoms with van der Waals surface area (Å²) in [5.41, 5.74) is 0. The Morgan fingerprint density at radius 1 is 1.38 bits per heavy atom. The first-order valence-electron chi connectivity index (χ1n) is 4.03. The Morgan fingerprint density at radius 3 is 2.69 bits per heavy atom. The minimum atomic E-state index is -3.29. The van der Waals surface area contributed by atoms with E-state index in [1.165, 1.54) is 4.88 Å². The van der Waals surface area contributed by atoms with Crippen molar-refractivity contribution in [2.45, 2.75) is 19.3 Å². The van der Waals surface area contributed by atoms with Gasteiger partial charge in [-0.3, -0.25) is 0 Å². The molecule has 0 saturated carbocycles. The van der Waals surface area contributed by atoms with Gasteiger partial charge in [-0.15, -0.1) is 11.3 Å². The molecule has 0 bridgehead atoms. The van der Waals surface area contributed by atoms with Gasteiger partial charge in [0.1, 0.15) is 0 Å². The maximum atomic E-state index is 10.6. The molecular weight excluding hydrogens is 228 g/mol. The molecule has 0 aliphatic rings. The maximum absolute atomic E-state index is 10.6. The quantitative estimate of drug-likeness (QED) is 0.584. The molecule has 0 amide bonds. The van der Waals surface area contributed by atoms with Crippen molar-refractivity contribution in [1.29, 1.82) is 0 Å². The van der Waals surface area contributed by atoms with E-state index in [0.29, 0.717) is 6.42 Å². The van der Waals surface area contributed by atoms with Crippen molar-refractivity contribution in [2.24, 2.45) is 0 Å². The first-order chi connectivity index (χ1) is 6.08. The molecule has 0 aliphatic heterocycles. The van der Waals surface area contributed by atoms with Gasteiger partial charge >= 0.3 is 0 Å². The molecule has 0 fully saturated rings. The minimum absolute atomic E-state index is 0.0833. The first kappa shape index (κ1) is 11.0. The zero-order chi connectivity index (χ0) is 9.73. The fraction of sp³-hybridized carbons (Fsp3) is 0.500. The third-order valence-corrected chi connectivity index (χ3v) is 3.82. The molecule has 5 heteroatoms. The third-order valence-electron chi connectivity index (χ3n) is 1.64. The summed E-state index contributed by atoms with van der Waals surface area (Å²) in [6.45, 7) is 0. The van der Waals surface area contributed by atoms with Gasteiger partial charge in [0.05, 0.1) is 5.75 Å². The van der Waals surface area contributed by atoms with Gasteiger partial charge in [0.15, 0.2) is 0 Å². The number of thiophene rings is 1. The van der Waals surface area contributed by atoms with Crippen LogP contribution in [0.1, 0.15) is 17.7 Å². The van der Waals surface area contributed by atoms with Gasteiger partial charge in [-0.05, 0) is 30.7 Å². The normalized spacial score (nSPS) is 11.8. The van der Waals surface area contributed by atoms with Crippen LogP contribution in [0.3, 0.4) is 0 Å². The van der Waals surface area contributed by atoms with Crippen LogP contribution in [-0.2, 0) is 15.5 Å². The van der Waals surface area contributed by atoms with Crippen LogP contribution in [0, 0.1) is 0 Å². The van der Waals surface area contributed by atoms with Gasteiger partial charge in [-0.1, -0.05) is 6.07 Å². The van der Waals surface area contributed by atoms with Crippen molar-refractivity contribution in [1.82, 2.24) is 0 Å². The van der Waals surface area contributed by atoms with E-state index < -0.39 is 9.05 Å². The summed E-state index contributed by atoms with van der Waals surface area (Å²) in [6, 6.07) is 4.05. The van der Waals surface area contributed by atoms with Crippen molar-refractivity contribution in [3.8, 4) is 0 Å². The SMILES string of the molecule is O=S(=O)(Cl)CCCCc1cccs1. The molecule has 0 unspecified atom stereocenters. The lowest BCUT2D eigenvalue weighted by Crippen LogP contribution is -1.97. The fourth-order valence-electron chi connectivity index (χ4n) is 1.03. The van der Waals surface area contributed by atoms with Crippen LogP contribution in [0.15, 0.2) is 17.5 Å². The monoisotopic (exact) mass is 238 g/mol. The summed E-state index contributed by atoms with van der Waals surface area (Å²) in [4.78, 5) is 1.30. The Balaban J connectivity index is 2.16. The predicted molar refractivity (Wildman–Crippen MR) is 56.9 cm³/mol. The number of rotatable bonds is 5. The molecule has 1 heterocycles. The van der Waals surface area contributed by atoms with Crippen LogP contribution in [0.5, 0.6) is 0 Å². The lowest BCUT2D eigenvalue weighted by molar-refractivity contribution is 0.605. The van der Waals surface area contributed by atoms with Crippen molar-refractivity contribution in [2.75, 3.05) is 5.75 Å². The minimum Gasteiger partial charge on any atom is -0.212 e. The standard InChI is InChI=1S/C8H11ClO2S2/c9-13(10,11)7-2-1-4-8-5-3-6-12-8/h3,5-6H,1-2,4,7H2. The second kappa shape index (κ2) is 4.98. The van der Waals surface area contributed by atoms with E-state index in [0.717, 1.165) is 12.8 Å². The van der Waals surface area contributed by atoms with E-state index in [4.69, 9.17) is 10.7 Å². The molecule has 74 valence electrons. The van der Waals surface area contributed by atoms with Crippen molar-refractivity contribution >= 4 is 31.1 Å². The van der Waals surface area contributed by atoms with E-state index in [1.54, 1.807) is 11.3 Å². The Labute approximate surface area is 87.0 Å². The van der Waals surface area contributed by atoms with Gasteiger partial charge in [0.25, 0.3) is 0 Å². The van der Waals surface area contributed by atoms with E-state index in [9.17, 15) is 8.42 Å². The van der Waals surface area contributed by atoms with Crippen LogP contribution < -0.4 is 0 Å². The molecule has 0 aliphatic carbocycles. The molecule has 0 spiro atoms. The van der Waals surface area contributed by atoms with Gasteiger partial charge in [-0.2, -0.15) is 0 Å². The molecule has 13 heavy (non-hydrogen) atoms. The lowest BCUT2D eigenvalue weighted by atomic mass is 10.2. The number of hydrogen-bond donors (Lipinski definition) is 0. The summed E-state index contributed by atoms with van der Waals surface area (Å²) >= 11 is 1.70. The van der Waals surface area contributed by atoms with E-state index in [2.05, 4.69) is 6.07 Å². The van der Waals surface area contributed by atoms with Crippen LogP contribution in [0.25, 0.3) is 0 Å². The molecule has 0 atom stereocenters. The van der Waals surface area contributed by atoms with Gasteiger partial charge in [0, 0.05) is 15.6 Å². The lowest BCUT2D eigenvalue weighted by Gasteiger charge is -1.96. The van der Waals surface area contributed by atoms with Crippen molar-refractivity contribution in [3.63, 3.8) is 0 Å². The molecule has 1 aromatic rings. The van der Waals surface area contributed by atoms with Crippen molar-refractivity contribution < 1.29 is 8.42 Å². The zero-order valence-corrected chi connectivity index (χ0v) is 9.46. The summed E-state index contributed by atoms with van der Waals surface area (Å²) in [6.07, 6.45) is 2.47. The number of halogens is 1. The van der Waals surface area contributed by atoms with Crippen LogP contribution >= 0.6 is 22.0 Å². The van der Waals surface area contributed by atoms with Gasteiger partial charge < -0.3 is 0 Å². The second-order valence-electron chi connectivity index (χ2n) is 2.78.